The van der Waals surface area contributed by atoms with Crippen molar-refractivity contribution in [2.75, 3.05) is 6.61 Å². The average molecular weight is 357 g/mol. The van der Waals surface area contributed by atoms with Crippen LogP contribution in [-0.4, -0.2) is 28.4 Å². The lowest BCUT2D eigenvalue weighted by Gasteiger charge is -2.34. The van der Waals surface area contributed by atoms with E-state index in [-0.39, 0.29) is 12.5 Å². The van der Waals surface area contributed by atoms with Gasteiger partial charge in [-0.25, -0.2) is 0 Å². The summed E-state index contributed by atoms with van der Waals surface area (Å²) in [5.74, 6) is -0.360. The van der Waals surface area contributed by atoms with Gasteiger partial charge in [0.15, 0.2) is 0 Å². The molecule has 2 rings (SSSR count). The molecule has 21 heavy (non-hydrogen) atoms. The molecule has 116 valence electrons. The monoisotopic (exact) mass is 356 g/mol. The summed E-state index contributed by atoms with van der Waals surface area (Å²) >= 11 is 3.51. The van der Waals surface area contributed by atoms with Gasteiger partial charge in [0.25, 0.3) is 0 Å². The van der Waals surface area contributed by atoms with Crippen LogP contribution in [0.5, 0.6) is 5.75 Å². The molecule has 0 aromatic heterocycles. The molecule has 0 radical (unpaired) electrons. The highest BCUT2D eigenvalue weighted by Gasteiger charge is 2.36. The van der Waals surface area contributed by atoms with E-state index in [9.17, 15) is 9.90 Å². The first-order valence-electron chi connectivity index (χ1n) is 7.15. The van der Waals surface area contributed by atoms with Gasteiger partial charge in [-0.15, -0.1) is 0 Å². The first-order valence-corrected chi connectivity index (χ1v) is 7.95. The Morgan fingerprint density at radius 3 is 2.33 bits per heavy atom. The van der Waals surface area contributed by atoms with E-state index in [1.807, 2.05) is 26.0 Å². The summed E-state index contributed by atoms with van der Waals surface area (Å²) in [7, 11) is 0. The molecule has 1 fully saturated rings. The lowest BCUT2D eigenvalue weighted by Crippen LogP contribution is -2.41. The van der Waals surface area contributed by atoms with Crippen molar-refractivity contribution in [2.24, 2.45) is 5.92 Å². The number of aliphatic carboxylic acids is 1. The standard InChI is InChI=1S/C16H21BrO4/c1-10-7-13(8-11(2)14(10)17)21-9-16(20)5-3-12(4-6-16)15(18)19/h7-8,12,20H,3-6,9H2,1-2H3,(H,18,19). The molecule has 1 aliphatic rings. The average Bonchev–Trinajstić information content (AvgIpc) is 2.43. The number of aryl methyl sites for hydroxylation is 2. The normalized spacial score (nSPS) is 25.6. The van der Waals surface area contributed by atoms with Crippen molar-refractivity contribution >= 4 is 21.9 Å². The van der Waals surface area contributed by atoms with Crippen LogP contribution in [0.15, 0.2) is 16.6 Å². The SMILES string of the molecule is Cc1cc(OCC2(O)CCC(C(=O)O)CC2)cc(C)c1Br. The predicted molar refractivity (Wildman–Crippen MR) is 83.7 cm³/mol. The Bertz CT molecular complexity index is 510. The summed E-state index contributed by atoms with van der Waals surface area (Å²) in [6, 6.07) is 3.87. The van der Waals surface area contributed by atoms with Crippen LogP contribution >= 0.6 is 15.9 Å². The van der Waals surface area contributed by atoms with Crippen molar-refractivity contribution in [1.82, 2.24) is 0 Å². The van der Waals surface area contributed by atoms with E-state index in [1.54, 1.807) is 0 Å². The van der Waals surface area contributed by atoms with E-state index >= 15 is 0 Å². The zero-order valence-corrected chi connectivity index (χ0v) is 13.9. The van der Waals surface area contributed by atoms with Crippen LogP contribution in [0, 0.1) is 19.8 Å². The highest BCUT2D eigenvalue weighted by atomic mass is 79.9. The number of hydrogen-bond donors (Lipinski definition) is 2. The van der Waals surface area contributed by atoms with Gasteiger partial charge in [0.2, 0.25) is 0 Å². The number of halogens is 1. The van der Waals surface area contributed by atoms with Crippen molar-refractivity contribution < 1.29 is 19.7 Å². The molecule has 1 aromatic rings. The Balaban J connectivity index is 1.95. The van der Waals surface area contributed by atoms with Crippen LogP contribution < -0.4 is 4.74 Å². The molecule has 0 heterocycles. The summed E-state index contributed by atoms with van der Waals surface area (Å²) in [6.07, 6.45) is 1.96. The van der Waals surface area contributed by atoms with Gasteiger partial charge in [-0.1, -0.05) is 15.9 Å². The first kappa shape index (κ1) is 16.3. The molecular formula is C16H21BrO4. The summed E-state index contributed by atoms with van der Waals surface area (Å²) in [4.78, 5) is 10.9. The maximum atomic E-state index is 10.9. The lowest BCUT2D eigenvalue weighted by molar-refractivity contribution is -0.145. The number of carbonyl (C=O) groups is 1. The molecule has 1 aromatic carbocycles. The highest BCUT2D eigenvalue weighted by Crippen LogP contribution is 2.33. The van der Waals surface area contributed by atoms with Crippen LogP contribution in [0.2, 0.25) is 0 Å². The number of carboxylic acid groups (broad SMARTS) is 1. The summed E-state index contributed by atoms with van der Waals surface area (Å²) in [5.41, 5.74) is 1.26. The molecule has 0 saturated heterocycles. The largest absolute Gasteiger partial charge is 0.491 e. The predicted octanol–water partition coefficient (Wildman–Crippen LogP) is 3.45. The second kappa shape index (κ2) is 6.36. The molecule has 1 saturated carbocycles. The third kappa shape index (κ3) is 3.98. The van der Waals surface area contributed by atoms with E-state index in [4.69, 9.17) is 9.84 Å². The summed E-state index contributed by atoms with van der Waals surface area (Å²) < 4.78 is 6.81. The number of carboxylic acids is 1. The van der Waals surface area contributed by atoms with E-state index in [1.165, 1.54) is 0 Å². The zero-order chi connectivity index (χ0) is 15.6. The van der Waals surface area contributed by atoms with Gasteiger partial charge in [0.1, 0.15) is 12.4 Å². The third-order valence-corrected chi connectivity index (χ3v) is 5.43. The van der Waals surface area contributed by atoms with Crippen molar-refractivity contribution in [3.05, 3.63) is 27.7 Å². The second-order valence-electron chi connectivity index (χ2n) is 6.00. The maximum Gasteiger partial charge on any atom is 0.306 e. The van der Waals surface area contributed by atoms with Crippen LogP contribution in [0.3, 0.4) is 0 Å². The van der Waals surface area contributed by atoms with Crippen LogP contribution in [0.4, 0.5) is 0 Å². The van der Waals surface area contributed by atoms with Gasteiger partial charge in [0.05, 0.1) is 11.5 Å². The topological polar surface area (TPSA) is 66.8 Å². The van der Waals surface area contributed by atoms with Gasteiger partial charge in [-0.2, -0.15) is 0 Å². The number of aliphatic hydroxyl groups is 1. The first-order chi connectivity index (χ1) is 9.81. The number of benzene rings is 1. The maximum absolute atomic E-state index is 10.9. The second-order valence-corrected chi connectivity index (χ2v) is 6.79. The van der Waals surface area contributed by atoms with Gasteiger partial charge >= 0.3 is 5.97 Å². The third-order valence-electron chi connectivity index (χ3n) is 4.18. The molecule has 1 aliphatic carbocycles. The Labute approximate surface area is 133 Å². The highest BCUT2D eigenvalue weighted by molar-refractivity contribution is 9.10. The molecule has 0 aliphatic heterocycles. The van der Waals surface area contributed by atoms with Crippen LogP contribution in [-0.2, 0) is 4.79 Å². The number of ether oxygens (including phenoxy) is 1. The summed E-state index contributed by atoms with van der Waals surface area (Å²) in [6.45, 7) is 4.20. The Morgan fingerprint density at radius 2 is 1.86 bits per heavy atom. The summed E-state index contributed by atoms with van der Waals surface area (Å²) in [5, 5.41) is 19.5. The molecule has 4 nitrogen and oxygen atoms in total. The molecule has 0 atom stereocenters. The minimum absolute atomic E-state index is 0.208. The van der Waals surface area contributed by atoms with Crippen molar-refractivity contribution in [2.45, 2.75) is 45.1 Å². The van der Waals surface area contributed by atoms with Gasteiger partial charge in [0, 0.05) is 4.47 Å². The zero-order valence-electron chi connectivity index (χ0n) is 12.4. The molecule has 0 amide bonds. The van der Waals surface area contributed by atoms with Gasteiger partial charge in [-0.3, -0.25) is 4.79 Å². The van der Waals surface area contributed by atoms with E-state index in [2.05, 4.69) is 15.9 Å². The van der Waals surface area contributed by atoms with Crippen molar-refractivity contribution in [1.29, 1.82) is 0 Å². The van der Waals surface area contributed by atoms with Crippen LogP contribution in [0.1, 0.15) is 36.8 Å². The molecule has 0 bridgehead atoms. The van der Waals surface area contributed by atoms with Crippen molar-refractivity contribution in [3.8, 4) is 5.75 Å². The Kier molecular flexibility index (Phi) is 4.94. The smallest absolute Gasteiger partial charge is 0.306 e. The molecule has 5 heteroatoms. The van der Waals surface area contributed by atoms with Gasteiger partial charge in [-0.05, 0) is 62.8 Å². The molecular weight excluding hydrogens is 336 g/mol. The van der Waals surface area contributed by atoms with Crippen LogP contribution in [0.25, 0.3) is 0 Å². The Hall–Kier alpha value is -1.07. The molecule has 0 unspecified atom stereocenters. The quantitative estimate of drug-likeness (QED) is 0.866. The molecule has 2 N–H and O–H groups in total. The minimum Gasteiger partial charge on any atom is -0.491 e. The fraction of sp³-hybridized carbons (Fsp3) is 0.562. The number of rotatable bonds is 4. The fourth-order valence-corrected chi connectivity index (χ4v) is 2.98. The number of hydrogen-bond acceptors (Lipinski definition) is 3. The van der Waals surface area contributed by atoms with Crippen molar-refractivity contribution in [3.63, 3.8) is 0 Å². The van der Waals surface area contributed by atoms with Gasteiger partial charge < -0.3 is 14.9 Å². The van der Waals surface area contributed by atoms with E-state index in [0.29, 0.717) is 25.7 Å². The Morgan fingerprint density at radius 1 is 1.33 bits per heavy atom. The van der Waals surface area contributed by atoms with E-state index in [0.717, 1.165) is 21.3 Å². The minimum atomic E-state index is -0.916. The fourth-order valence-electron chi connectivity index (χ4n) is 2.75. The molecule has 0 spiro atoms. The van der Waals surface area contributed by atoms with E-state index < -0.39 is 11.6 Å². The lowest BCUT2D eigenvalue weighted by atomic mass is 9.79.